The van der Waals surface area contributed by atoms with Crippen LogP contribution in [0.25, 0.3) is 0 Å². The van der Waals surface area contributed by atoms with Crippen LogP contribution in [0, 0.1) is 5.92 Å². The van der Waals surface area contributed by atoms with E-state index in [0.717, 1.165) is 17.1 Å². The molecule has 0 atom stereocenters. The van der Waals surface area contributed by atoms with Crippen LogP contribution < -0.4 is 0 Å². The first-order valence-corrected chi connectivity index (χ1v) is 8.65. The van der Waals surface area contributed by atoms with Crippen molar-refractivity contribution in [3.8, 4) is 0 Å². The van der Waals surface area contributed by atoms with Gasteiger partial charge in [0, 0.05) is 11.6 Å². The Labute approximate surface area is 137 Å². The van der Waals surface area contributed by atoms with E-state index >= 15 is 0 Å². The molecule has 1 aromatic carbocycles. The molecule has 0 bridgehead atoms. The standard InChI is InChI=1S/C12H12Cl3NO4S/c13-8-3-9(14)12(10(15)4-8)21(19,20)16(6-11(17)18)5-7-1-2-7/h3-4,7H,1-2,5-6H2,(H,17,18). The van der Waals surface area contributed by atoms with Crippen LogP contribution in [0.5, 0.6) is 0 Å². The maximum Gasteiger partial charge on any atom is 0.318 e. The highest BCUT2D eigenvalue weighted by Gasteiger charge is 2.35. The lowest BCUT2D eigenvalue weighted by Gasteiger charge is -2.21. The summed E-state index contributed by atoms with van der Waals surface area (Å²) in [5.41, 5.74) is 0. The lowest BCUT2D eigenvalue weighted by molar-refractivity contribution is -0.137. The largest absolute Gasteiger partial charge is 0.480 e. The van der Waals surface area contributed by atoms with Gasteiger partial charge in [0.25, 0.3) is 0 Å². The van der Waals surface area contributed by atoms with Crippen LogP contribution in [0.15, 0.2) is 17.0 Å². The molecule has 9 heteroatoms. The predicted molar refractivity (Wildman–Crippen MR) is 80.6 cm³/mol. The highest BCUT2D eigenvalue weighted by Crippen LogP contribution is 2.37. The Morgan fingerprint density at radius 2 is 1.76 bits per heavy atom. The molecule has 21 heavy (non-hydrogen) atoms. The molecule has 0 aliphatic heterocycles. The molecule has 5 nitrogen and oxygen atoms in total. The minimum absolute atomic E-state index is 0.126. The monoisotopic (exact) mass is 371 g/mol. The number of carboxylic acid groups (broad SMARTS) is 1. The van der Waals surface area contributed by atoms with Crippen LogP contribution in [0.3, 0.4) is 0 Å². The van der Waals surface area contributed by atoms with E-state index in [0.29, 0.717) is 0 Å². The smallest absolute Gasteiger partial charge is 0.318 e. The summed E-state index contributed by atoms with van der Waals surface area (Å²) >= 11 is 17.6. The number of carboxylic acids is 1. The maximum absolute atomic E-state index is 12.6. The normalized spacial score (nSPS) is 15.4. The van der Waals surface area contributed by atoms with Crippen molar-refractivity contribution < 1.29 is 18.3 Å². The Morgan fingerprint density at radius 1 is 1.24 bits per heavy atom. The number of hydrogen-bond acceptors (Lipinski definition) is 3. The summed E-state index contributed by atoms with van der Waals surface area (Å²) in [6.07, 6.45) is 1.77. The van der Waals surface area contributed by atoms with Crippen molar-refractivity contribution in [3.63, 3.8) is 0 Å². The van der Waals surface area contributed by atoms with E-state index in [1.807, 2.05) is 0 Å². The first-order chi connectivity index (χ1) is 9.71. The average Bonchev–Trinajstić information content (AvgIpc) is 3.09. The first kappa shape index (κ1) is 16.8. The van der Waals surface area contributed by atoms with Crippen molar-refractivity contribution in [1.82, 2.24) is 4.31 Å². The summed E-state index contributed by atoms with van der Waals surface area (Å²) in [7, 11) is -4.10. The van der Waals surface area contributed by atoms with Crippen LogP contribution in [-0.4, -0.2) is 36.9 Å². The molecule has 1 aliphatic rings. The number of carbonyl (C=O) groups is 1. The van der Waals surface area contributed by atoms with E-state index in [9.17, 15) is 13.2 Å². The third-order valence-electron chi connectivity index (χ3n) is 3.03. The number of nitrogens with zero attached hydrogens (tertiary/aromatic N) is 1. The van der Waals surface area contributed by atoms with E-state index in [2.05, 4.69) is 0 Å². The molecule has 116 valence electrons. The molecule has 1 aromatic rings. The van der Waals surface area contributed by atoms with E-state index in [1.54, 1.807) is 0 Å². The van der Waals surface area contributed by atoms with Crippen LogP contribution in [0.1, 0.15) is 12.8 Å². The molecule has 1 aliphatic carbocycles. The van der Waals surface area contributed by atoms with Gasteiger partial charge in [-0.3, -0.25) is 4.79 Å². The average molecular weight is 373 g/mol. The predicted octanol–water partition coefficient (Wildman–Crippen LogP) is 3.13. The molecule has 0 radical (unpaired) electrons. The number of sulfonamides is 1. The van der Waals surface area contributed by atoms with Gasteiger partial charge in [0.15, 0.2) is 0 Å². The molecule has 1 fully saturated rings. The topological polar surface area (TPSA) is 74.7 Å². The Morgan fingerprint density at radius 3 is 2.19 bits per heavy atom. The third kappa shape index (κ3) is 4.02. The molecule has 0 unspecified atom stereocenters. The zero-order chi connectivity index (χ0) is 15.8. The van der Waals surface area contributed by atoms with Crippen molar-refractivity contribution in [2.75, 3.05) is 13.1 Å². The second kappa shape index (κ2) is 6.30. The first-order valence-electron chi connectivity index (χ1n) is 6.08. The van der Waals surface area contributed by atoms with Crippen molar-refractivity contribution >= 4 is 50.8 Å². The molecule has 1 N–H and O–H groups in total. The summed E-state index contributed by atoms with van der Waals surface area (Å²) in [5, 5.41) is 8.87. The van der Waals surface area contributed by atoms with Gasteiger partial charge in [-0.2, -0.15) is 4.31 Å². The minimum Gasteiger partial charge on any atom is -0.480 e. The van der Waals surface area contributed by atoms with Crippen LogP contribution >= 0.6 is 34.8 Å². The minimum atomic E-state index is -4.10. The molecule has 0 heterocycles. The third-order valence-corrected chi connectivity index (χ3v) is 5.98. The second-order valence-electron chi connectivity index (χ2n) is 4.83. The van der Waals surface area contributed by atoms with Gasteiger partial charge in [0.1, 0.15) is 11.4 Å². The fourth-order valence-corrected chi connectivity index (χ4v) is 4.85. The van der Waals surface area contributed by atoms with Gasteiger partial charge >= 0.3 is 5.97 Å². The SMILES string of the molecule is O=C(O)CN(CC1CC1)S(=O)(=O)c1c(Cl)cc(Cl)cc1Cl. The molecular weight excluding hydrogens is 361 g/mol. The van der Waals surface area contributed by atoms with E-state index in [1.165, 1.54) is 12.1 Å². The van der Waals surface area contributed by atoms with Gasteiger partial charge in [-0.1, -0.05) is 34.8 Å². The number of aliphatic carboxylic acids is 1. The Kier molecular flexibility index (Phi) is 5.05. The van der Waals surface area contributed by atoms with Gasteiger partial charge < -0.3 is 5.11 Å². The Balaban J connectivity index is 2.44. The summed E-state index contributed by atoms with van der Waals surface area (Å²) in [5.74, 6) is -1.05. The Bertz CT molecular complexity index is 650. The zero-order valence-electron chi connectivity index (χ0n) is 10.7. The summed E-state index contributed by atoms with van der Waals surface area (Å²) < 4.78 is 26.2. The van der Waals surface area contributed by atoms with Crippen molar-refractivity contribution in [2.45, 2.75) is 17.7 Å². The van der Waals surface area contributed by atoms with Crippen molar-refractivity contribution in [3.05, 3.63) is 27.2 Å². The molecule has 0 amide bonds. The lowest BCUT2D eigenvalue weighted by atomic mass is 10.4. The fraction of sp³-hybridized carbons (Fsp3) is 0.417. The highest BCUT2D eigenvalue weighted by molar-refractivity contribution is 7.89. The van der Waals surface area contributed by atoms with E-state index in [-0.39, 0.29) is 32.4 Å². The highest BCUT2D eigenvalue weighted by atomic mass is 35.5. The second-order valence-corrected chi connectivity index (χ2v) is 7.96. The molecule has 2 rings (SSSR count). The summed E-state index contributed by atoms with van der Waals surface area (Å²) in [6, 6.07) is 2.52. The summed E-state index contributed by atoms with van der Waals surface area (Å²) in [4.78, 5) is 10.6. The van der Waals surface area contributed by atoms with Crippen LogP contribution in [0.4, 0.5) is 0 Å². The lowest BCUT2D eigenvalue weighted by Crippen LogP contribution is -2.37. The van der Waals surface area contributed by atoms with Gasteiger partial charge in [0.2, 0.25) is 10.0 Å². The van der Waals surface area contributed by atoms with E-state index in [4.69, 9.17) is 39.9 Å². The van der Waals surface area contributed by atoms with E-state index < -0.39 is 22.5 Å². The molecule has 0 aromatic heterocycles. The van der Waals surface area contributed by atoms with Crippen molar-refractivity contribution in [2.24, 2.45) is 5.92 Å². The van der Waals surface area contributed by atoms with Gasteiger partial charge in [-0.05, 0) is 30.9 Å². The number of halogens is 3. The molecule has 1 saturated carbocycles. The fourth-order valence-electron chi connectivity index (χ4n) is 1.89. The summed E-state index contributed by atoms with van der Waals surface area (Å²) in [6.45, 7) is -0.488. The maximum atomic E-state index is 12.6. The molecular formula is C12H12Cl3NO4S. The van der Waals surface area contributed by atoms with Gasteiger partial charge in [0.05, 0.1) is 10.0 Å². The van der Waals surface area contributed by atoms with Gasteiger partial charge in [-0.15, -0.1) is 0 Å². The molecule has 0 saturated heterocycles. The quantitative estimate of drug-likeness (QED) is 0.832. The van der Waals surface area contributed by atoms with Gasteiger partial charge in [-0.25, -0.2) is 8.42 Å². The Hall–Kier alpha value is -0.530. The van der Waals surface area contributed by atoms with Crippen molar-refractivity contribution in [1.29, 1.82) is 0 Å². The zero-order valence-corrected chi connectivity index (χ0v) is 13.8. The number of rotatable bonds is 6. The van der Waals surface area contributed by atoms with Crippen LogP contribution in [0.2, 0.25) is 15.1 Å². The molecule has 0 spiro atoms. The number of hydrogen-bond donors (Lipinski definition) is 1. The number of benzene rings is 1. The van der Waals surface area contributed by atoms with Crippen LogP contribution in [-0.2, 0) is 14.8 Å².